The second-order valence-corrected chi connectivity index (χ2v) is 8.96. The highest BCUT2D eigenvalue weighted by molar-refractivity contribution is 7.89. The van der Waals surface area contributed by atoms with Crippen molar-refractivity contribution in [1.82, 2.24) is 19.0 Å². The fourth-order valence-corrected chi connectivity index (χ4v) is 5.40. The summed E-state index contributed by atoms with van der Waals surface area (Å²) in [7, 11) is -3.76. The smallest absolute Gasteiger partial charge is 0.336 e. The second-order valence-electron chi connectivity index (χ2n) is 7.09. The Labute approximate surface area is 173 Å². The normalized spacial score (nSPS) is 16.1. The second kappa shape index (κ2) is 8.03. The van der Waals surface area contributed by atoms with Crippen LogP contribution in [0.15, 0.2) is 29.2 Å². The first kappa shape index (κ1) is 22.3. The molecule has 11 heteroatoms. The van der Waals surface area contributed by atoms with Gasteiger partial charge in [-0.25, -0.2) is 8.42 Å². The van der Waals surface area contributed by atoms with E-state index in [1.165, 1.54) is 9.21 Å². The van der Waals surface area contributed by atoms with E-state index in [1.807, 2.05) is 6.92 Å². The number of nitrogens with zero attached hydrogens (tertiary/aromatic N) is 4. The fourth-order valence-electron chi connectivity index (χ4n) is 3.61. The van der Waals surface area contributed by atoms with Gasteiger partial charge in [0.2, 0.25) is 10.0 Å². The summed E-state index contributed by atoms with van der Waals surface area (Å²) in [6, 6.07) is 4.01. The lowest BCUT2D eigenvalue weighted by atomic mass is 10.1. The monoisotopic (exact) mass is 444 g/mol. The highest BCUT2D eigenvalue weighted by Crippen LogP contribution is 2.29. The van der Waals surface area contributed by atoms with Crippen molar-refractivity contribution in [2.45, 2.75) is 38.4 Å². The minimum Gasteiger partial charge on any atom is -0.336 e. The van der Waals surface area contributed by atoms with Crippen LogP contribution in [0.2, 0.25) is 0 Å². The molecule has 1 aromatic carbocycles. The maximum absolute atomic E-state index is 13.1. The average molecular weight is 444 g/mol. The zero-order chi connectivity index (χ0) is 22.3. The molecule has 1 aliphatic heterocycles. The molecule has 0 aliphatic carbocycles. The number of hydrogen-bond acceptors (Lipinski definition) is 4. The predicted molar refractivity (Wildman–Crippen MR) is 103 cm³/mol. The van der Waals surface area contributed by atoms with Gasteiger partial charge in [-0.3, -0.25) is 9.48 Å². The highest BCUT2D eigenvalue weighted by atomic mass is 32.2. The Morgan fingerprint density at radius 2 is 1.63 bits per heavy atom. The lowest BCUT2D eigenvalue weighted by Crippen LogP contribution is -2.50. The van der Waals surface area contributed by atoms with Crippen LogP contribution >= 0.6 is 0 Å². The van der Waals surface area contributed by atoms with Crippen molar-refractivity contribution in [2.75, 3.05) is 26.2 Å². The van der Waals surface area contributed by atoms with E-state index < -0.39 is 27.7 Å². The number of carbonyl (C=O) groups excluding carboxylic acids is 1. The molecule has 0 saturated carbocycles. The average Bonchev–Trinajstić information content (AvgIpc) is 3.00. The third-order valence-electron chi connectivity index (χ3n) is 5.20. The Morgan fingerprint density at radius 3 is 2.10 bits per heavy atom. The van der Waals surface area contributed by atoms with Crippen molar-refractivity contribution in [2.24, 2.45) is 0 Å². The molecule has 0 radical (unpaired) electrons. The number of amides is 1. The van der Waals surface area contributed by atoms with Crippen molar-refractivity contribution in [3.05, 3.63) is 46.8 Å². The molecule has 30 heavy (non-hydrogen) atoms. The zero-order valence-corrected chi connectivity index (χ0v) is 17.7. The third-order valence-corrected chi connectivity index (χ3v) is 7.35. The third kappa shape index (κ3) is 4.08. The molecule has 2 heterocycles. The fraction of sp³-hybridized carbons (Fsp3) is 0.474. The molecule has 1 aromatic heterocycles. The summed E-state index contributed by atoms with van der Waals surface area (Å²) in [5.41, 5.74) is 0.305. The summed E-state index contributed by atoms with van der Waals surface area (Å²) in [5.74, 6) is -0.424. The van der Waals surface area contributed by atoms with Crippen LogP contribution in [0.3, 0.4) is 0 Å². The molecule has 2 aromatic rings. The molecule has 0 N–H and O–H groups in total. The molecular weight excluding hydrogens is 421 g/mol. The van der Waals surface area contributed by atoms with E-state index in [4.69, 9.17) is 0 Å². The Hall–Kier alpha value is -2.40. The summed E-state index contributed by atoms with van der Waals surface area (Å²) in [6.07, 6.45) is -4.47. The first-order valence-electron chi connectivity index (χ1n) is 9.47. The van der Waals surface area contributed by atoms with E-state index >= 15 is 0 Å². The molecule has 0 atom stereocenters. The maximum atomic E-state index is 13.1. The molecule has 1 saturated heterocycles. The number of carbonyl (C=O) groups is 1. The van der Waals surface area contributed by atoms with E-state index in [9.17, 15) is 26.4 Å². The van der Waals surface area contributed by atoms with Crippen LogP contribution in [0.4, 0.5) is 13.2 Å². The minimum atomic E-state index is -4.47. The summed E-state index contributed by atoms with van der Waals surface area (Å²) in [5, 5.41) is 4.26. The van der Waals surface area contributed by atoms with E-state index in [2.05, 4.69) is 5.10 Å². The molecule has 1 amide bonds. The first-order chi connectivity index (χ1) is 14.0. The summed E-state index contributed by atoms with van der Waals surface area (Å²) >= 11 is 0. The van der Waals surface area contributed by atoms with Crippen molar-refractivity contribution >= 4 is 15.9 Å². The first-order valence-corrected chi connectivity index (χ1v) is 10.9. The number of rotatable bonds is 4. The van der Waals surface area contributed by atoms with Gasteiger partial charge in [-0.15, -0.1) is 0 Å². The van der Waals surface area contributed by atoms with Crippen LogP contribution in [0.25, 0.3) is 0 Å². The number of alkyl halides is 3. The van der Waals surface area contributed by atoms with Gasteiger partial charge in [0, 0.05) is 38.3 Å². The van der Waals surface area contributed by atoms with E-state index in [1.54, 1.807) is 18.5 Å². The molecule has 1 fully saturated rings. The van der Waals surface area contributed by atoms with Gasteiger partial charge in [-0.1, -0.05) is 0 Å². The maximum Gasteiger partial charge on any atom is 0.416 e. The Morgan fingerprint density at radius 1 is 1.07 bits per heavy atom. The van der Waals surface area contributed by atoms with Gasteiger partial charge in [0.1, 0.15) is 4.90 Å². The molecule has 7 nitrogen and oxygen atoms in total. The molecule has 3 rings (SSSR count). The SMILES string of the molecule is CCn1nc(C)c(S(=O)(=O)N2CCN(C(=O)c3ccc(C(F)(F)F)cc3)CC2)c1C. The molecule has 1 aliphatic rings. The topological polar surface area (TPSA) is 75.5 Å². The van der Waals surface area contributed by atoms with Crippen LogP contribution in [-0.2, 0) is 22.7 Å². The van der Waals surface area contributed by atoms with E-state index in [0.29, 0.717) is 17.9 Å². The van der Waals surface area contributed by atoms with Gasteiger partial charge < -0.3 is 4.90 Å². The number of hydrogen-bond donors (Lipinski definition) is 0. The van der Waals surface area contributed by atoms with Crippen molar-refractivity contribution in [3.8, 4) is 0 Å². The van der Waals surface area contributed by atoms with Gasteiger partial charge in [0.15, 0.2) is 0 Å². The number of aryl methyl sites for hydroxylation is 2. The Balaban J connectivity index is 1.71. The van der Waals surface area contributed by atoms with Crippen molar-refractivity contribution in [1.29, 1.82) is 0 Å². The molecule has 0 spiro atoms. The zero-order valence-electron chi connectivity index (χ0n) is 16.9. The van der Waals surface area contributed by atoms with Crippen LogP contribution in [0.5, 0.6) is 0 Å². The highest BCUT2D eigenvalue weighted by Gasteiger charge is 2.35. The Bertz CT molecular complexity index is 1040. The standard InChI is InChI=1S/C19H23F3N4O3S/c1-4-26-14(3)17(13(2)23-26)30(28,29)25-11-9-24(10-12-25)18(27)15-5-7-16(8-6-15)19(20,21)22/h5-8H,4,9-12H2,1-3H3. The molecule has 164 valence electrons. The van der Waals surface area contributed by atoms with Crippen LogP contribution in [-0.4, -0.2) is 59.5 Å². The molecule has 0 bridgehead atoms. The molecule has 0 unspecified atom stereocenters. The largest absolute Gasteiger partial charge is 0.416 e. The minimum absolute atomic E-state index is 0.102. The van der Waals surface area contributed by atoms with Gasteiger partial charge in [-0.2, -0.15) is 22.6 Å². The van der Waals surface area contributed by atoms with E-state index in [-0.39, 0.29) is 36.6 Å². The number of halogens is 3. The number of aromatic nitrogens is 2. The van der Waals surface area contributed by atoms with Crippen LogP contribution in [0.1, 0.15) is 34.2 Å². The van der Waals surface area contributed by atoms with Gasteiger partial charge in [-0.05, 0) is 45.0 Å². The number of sulfonamides is 1. The lowest BCUT2D eigenvalue weighted by molar-refractivity contribution is -0.137. The predicted octanol–water partition coefficient (Wildman–Crippen LogP) is 2.69. The van der Waals surface area contributed by atoms with Crippen LogP contribution < -0.4 is 0 Å². The van der Waals surface area contributed by atoms with Crippen molar-refractivity contribution in [3.63, 3.8) is 0 Å². The Kier molecular flexibility index (Phi) is 5.96. The molecular formula is C19H23F3N4O3S. The number of piperazine rings is 1. The van der Waals surface area contributed by atoms with E-state index in [0.717, 1.165) is 24.3 Å². The number of benzene rings is 1. The summed E-state index contributed by atoms with van der Waals surface area (Å²) in [6.45, 7) is 6.30. The van der Waals surface area contributed by atoms with Gasteiger partial charge in [0.05, 0.1) is 17.0 Å². The van der Waals surface area contributed by atoms with Gasteiger partial charge >= 0.3 is 6.18 Å². The quantitative estimate of drug-likeness (QED) is 0.727. The summed E-state index contributed by atoms with van der Waals surface area (Å²) < 4.78 is 67.2. The van der Waals surface area contributed by atoms with Gasteiger partial charge in [0.25, 0.3) is 5.91 Å². The lowest BCUT2D eigenvalue weighted by Gasteiger charge is -2.34. The van der Waals surface area contributed by atoms with Crippen LogP contribution in [0, 0.1) is 13.8 Å². The summed E-state index contributed by atoms with van der Waals surface area (Å²) in [4.78, 5) is 14.2. The van der Waals surface area contributed by atoms with Crippen molar-refractivity contribution < 1.29 is 26.4 Å².